The number of pyridine rings is 1. The van der Waals surface area contributed by atoms with Crippen molar-refractivity contribution < 1.29 is 18.0 Å². The van der Waals surface area contributed by atoms with Crippen LogP contribution in [0.2, 0.25) is 0 Å². The molecule has 0 aliphatic carbocycles. The number of fused-ring (bicyclic) bond motifs is 1. The Balaban J connectivity index is 2.31. The van der Waals surface area contributed by atoms with Crippen molar-refractivity contribution in [1.82, 2.24) is 10.3 Å². The molecule has 2 rings (SSSR count). The second-order valence-electron chi connectivity index (χ2n) is 3.66. The summed E-state index contributed by atoms with van der Waals surface area (Å²) in [4.78, 5) is 14.3. The van der Waals surface area contributed by atoms with Crippen molar-refractivity contribution in [2.75, 3.05) is 0 Å². The molecule has 2 heterocycles. The number of hydrogen-bond donors (Lipinski definition) is 1. The van der Waals surface area contributed by atoms with Gasteiger partial charge in [-0.05, 0) is 11.6 Å². The van der Waals surface area contributed by atoms with E-state index < -0.39 is 11.7 Å². The normalized spacial score (nSPS) is 20.3. The number of nitrogens with one attached hydrogen (secondary N) is 1. The van der Waals surface area contributed by atoms with E-state index in [9.17, 15) is 18.0 Å². The van der Waals surface area contributed by atoms with Crippen molar-refractivity contribution in [1.29, 1.82) is 0 Å². The van der Waals surface area contributed by atoms with Gasteiger partial charge in [-0.25, -0.2) is 0 Å². The minimum absolute atomic E-state index is 0.246. The molecular weight excluding hydrogens is 221 g/mol. The molecule has 1 atom stereocenters. The molecule has 0 spiro atoms. The Morgan fingerprint density at radius 1 is 1.50 bits per heavy atom. The number of rotatable bonds is 1. The Morgan fingerprint density at radius 2 is 2.25 bits per heavy atom. The number of alkyl halides is 3. The quantitative estimate of drug-likeness (QED) is 0.740. The Bertz CT molecular complexity index is 417. The number of carbonyl (C=O) groups excluding carboxylic acids is 1. The summed E-state index contributed by atoms with van der Waals surface area (Å²) in [5, 5.41) is 2.83. The second-order valence-corrected chi connectivity index (χ2v) is 3.66. The molecular formula is C10H9F3N2O. The van der Waals surface area contributed by atoms with Gasteiger partial charge in [0, 0.05) is 24.9 Å². The molecule has 1 aliphatic rings. The topological polar surface area (TPSA) is 42.0 Å². The van der Waals surface area contributed by atoms with Gasteiger partial charge in [-0.2, -0.15) is 13.2 Å². The molecule has 0 saturated carbocycles. The van der Waals surface area contributed by atoms with Crippen molar-refractivity contribution in [3.63, 3.8) is 0 Å². The Kier molecular flexibility index (Phi) is 2.67. The van der Waals surface area contributed by atoms with Crippen molar-refractivity contribution in [2.45, 2.75) is 25.2 Å². The first-order valence-electron chi connectivity index (χ1n) is 4.74. The first-order valence-corrected chi connectivity index (χ1v) is 4.74. The van der Waals surface area contributed by atoms with Gasteiger partial charge in [0.2, 0.25) is 0 Å². The fourth-order valence-corrected chi connectivity index (χ4v) is 1.65. The highest BCUT2D eigenvalue weighted by atomic mass is 19.4. The monoisotopic (exact) mass is 230 g/mol. The first-order chi connectivity index (χ1) is 7.50. The van der Waals surface area contributed by atoms with Crippen molar-refractivity contribution in [2.24, 2.45) is 0 Å². The third-order valence-corrected chi connectivity index (χ3v) is 2.52. The number of carbonyl (C=O) groups is 1. The smallest absolute Gasteiger partial charge is 0.303 e. The molecule has 1 unspecified atom stereocenters. The van der Waals surface area contributed by atoms with Crippen LogP contribution in [0, 0.1) is 0 Å². The molecule has 6 heteroatoms. The maximum atomic E-state index is 12.4. The van der Waals surface area contributed by atoms with Crippen LogP contribution in [0.25, 0.3) is 0 Å². The van der Waals surface area contributed by atoms with Crippen LogP contribution in [-0.2, 0) is 23.9 Å². The van der Waals surface area contributed by atoms with E-state index in [1.54, 1.807) is 0 Å². The lowest BCUT2D eigenvalue weighted by Gasteiger charge is -2.22. The second kappa shape index (κ2) is 3.86. The van der Waals surface area contributed by atoms with Crippen molar-refractivity contribution in [3.8, 4) is 0 Å². The number of halogens is 3. The van der Waals surface area contributed by atoms with E-state index in [2.05, 4.69) is 10.3 Å². The largest absolute Gasteiger partial charge is 0.417 e. The van der Waals surface area contributed by atoms with E-state index in [1.807, 2.05) is 0 Å². The average molecular weight is 230 g/mol. The van der Waals surface area contributed by atoms with Crippen LogP contribution in [0.1, 0.15) is 16.8 Å². The molecule has 1 aromatic heterocycles. The predicted octanol–water partition coefficient (Wildman–Crippen LogP) is 1.31. The molecule has 16 heavy (non-hydrogen) atoms. The molecule has 0 amide bonds. The summed E-state index contributed by atoms with van der Waals surface area (Å²) >= 11 is 0. The van der Waals surface area contributed by atoms with E-state index >= 15 is 0 Å². The highest BCUT2D eigenvalue weighted by molar-refractivity contribution is 5.59. The lowest BCUT2D eigenvalue weighted by atomic mass is 10.0. The van der Waals surface area contributed by atoms with E-state index in [1.165, 1.54) is 0 Å². The van der Waals surface area contributed by atoms with Crippen molar-refractivity contribution in [3.05, 3.63) is 29.1 Å². The maximum absolute atomic E-state index is 12.4. The summed E-state index contributed by atoms with van der Waals surface area (Å²) in [6, 6.07) is 0.729. The summed E-state index contributed by atoms with van der Waals surface area (Å²) in [7, 11) is 0. The van der Waals surface area contributed by atoms with Gasteiger partial charge in [-0.1, -0.05) is 0 Å². The minimum Gasteiger partial charge on any atom is -0.303 e. The summed E-state index contributed by atoms with van der Waals surface area (Å²) in [5.74, 6) is 0. The zero-order valence-electron chi connectivity index (χ0n) is 8.21. The summed E-state index contributed by atoms with van der Waals surface area (Å²) in [5.41, 5.74) is 0.314. The van der Waals surface area contributed by atoms with E-state index in [0.29, 0.717) is 17.7 Å². The number of aldehydes is 1. The fraction of sp³-hybridized carbons (Fsp3) is 0.400. The van der Waals surface area contributed by atoms with Crippen LogP contribution in [0.15, 0.2) is 12.3 Å². The predicted molar refractivity (Wildman–Crippen MR) is 49.6 cm³/mol. The molecule has 0 saturated heterocycles. The number of aromatic nitrogens is 1. The third-order valence-electron chi connectivity index (χ3n) is 2.52. The zero-order valence-corrected chi connectivity index (χ0v) is 8.21. The Labute approximate surface area is 89.7 Å². The van der Waals surface area contributed by atoms with Gasteiger partial charge in [-0.3, -0.25) is 4.98 Å². The zero-order chi connectivity index (χ0) is 11.8. The van der Waals surface area contributed by atoms with E-state index in [-0.39, 0.29) is 12.6 Å². The molecule has 1 aromatic rings. The lowest BCUT2D eigenvalue weighted by Crippen LogP contribution is -2.37. The summed E-state index contributed by atoms with van der Waals surface area (Å²) in [6.07, 6.45) is -2.48. The highest BCUT2D eigenvalue weighted by Crippen LogP contribution is 2.30. The summed E-state index contributed by atoms with van der Waals surface area (Å²) < 4.78 is 37.2. The van der Waals surface area contributed by atoms with E-state index in [0.717, 1.165) is 18.5 Å². The van der Waals surface area contributed by atoms with Crippen molar-refractivity contribution >= 4 is 6.29 Å². The standard InChI is InChI=1S/C10H9F3N2O/c11-10(12,13)7-1-6-3-14-8(5-16)2-9(6)15-4-7/h1,4-5,8,14H,2-3H2. The SMILES string of the molecule is O=CC1Cc2ncc(C(F)(F)F)cc2CN1. The Morgan fingerprint density at radius 3 is 2.88 bits per heavy atom. The Hall–Kier alpha value is -1.43. The molecule has 86 valence electrons. The van der Waals surface area contributed by atoms with Crippen LogP contribution in [0.4, 0.5) is 13.2 Å². The highest BCUT2D eigenvalue weighted by Gasteiger charge is 2.32. The van der Waals surface area contributed by atoms with Crippen LogP contribution < -0.4 is 5.32 Å². The van der Waals surface area contributed by atoms with Crippen LogP contribution in [0.3, 0.4) is 0 Å². The molecule has 0 aromatic carbocycles. The molecule has 1 aliphatic heterocycles. The summed E-state index contributed by atoms with van der Waals surface area (Å²) in [6.45, 7) is 0.246. The van der Waals surface area contributed by atoms with Gasteiger partial charge in [0.15, 0.2) is 0 Å². The minimum atomic E-state index is -4.37. The molecule has 0 bridgehead atoms. The molecule has 1 N–H and O–H groups in total. The van der Waals surface area contributed by atoms with Crippen LogP contribution >= 0.6 is 0 Å². The lowest BCUT2D eigenvalue weighted by molar-refractivity contribution is -0.138. The maximum Gasteiger partial charge on any atom is 0.417 e. The van der Waals surface area contributed by atoms with Gasteiger partial charge >= 0.3 is 6.18 Å². The third kappa shape index (κ3) is 2.06. The fourth-order valence-electron chi connectivity index (χ4n) is 1.65. The van der Waals surface area contributed by atoms with Gasteiger partial charge in [-0.15, -0.1) is 0 Å². The first kappa shape index (κ1) is 11.1. The van der Waals surface area contributed by atoms with Gasteiger partial charge in [0.05, 0.1) is 11.6 Å². The van der Waals surface area contributed by atoms with Crippen LogP contribution in [-0.4, -0.2) is 17.3 Å². The molecule has 0 radical (unpaired) electrons. The van der Waals surface area contributed by atoms with Gasteiger partial charge in [0.1, 0.15) is 6.29 Å². The number of hydrogen-bond acceptors (Lipinski definition) is 3. The van der Waals surface area contributed by atoms with Gasteiger partial charge < -0.3 is 10.1 Å². The number of nitrogens with zero attached hydrogens (tertiary/aromatic N) is 1. The molecule has 0 fully saturated rings. The van der Waals surface area contributed by atoms with E-state index in [4.69, 9.17) is 0 Å². The van der Waals surface area contributed by atoms with Gasteiger partial charge in [0.25, 0.3) is 0 Å². The molecule has 3 nitrogen and oxygen atoms in total. The average Bonchev–Trinajstić information content (AvgIpc) is 2.26. The van der Waals surface area contributed by atoms with Crippen LogP contribution in [0.5, 0.6) is 0 Å².